The van der Waals surface area contributed by atoms with E-state index in [1.54, 1.807) is 36.4 Å². The van der Waals surface area contributed by atoms with Crippen LogP contribution in [0.5, 0.6) is 17.2 Å². The van der Waals surface area contributed by atoms with Crippen molar-refractivity contribution in [3.05, 3.63) is 53.1 Å². The number of phenols is 1. The number of aliphatic carboxylic acids is 1. The molecular formula is C20H22O5. The van der Waals surface area contributed by atoms with Crippen molar-refractivity contribution < 1.29 is 24.5 Å². The van der Waals surface area contributed by atoms with Gasteiger partial charge in [0.1, 0.15) is 5.75 Å². The first-order valence-corrected chi connectivity index (χ1v) is 8.10. The summed E-state index contributed by atoms with van der Waals surface area (Å²) in [5, 5.41) is 19.4. The Kier molecular flexibility index (Phi) is 6.06. The van der Waals surface area contributed by atoms with E-state index in [-0.39, 0.29) is 11.3 Å². The van der Waals surface area contributed by atoms with Crippen LogP contribution in [0.2, 0.25) is 0 Å². The van der Waals surface area contributed by atoms with E-state index in [2.05, 4.69) is 0 Å². The molecule has 5 nitrogen and oxygen atoms in total. The fourth-order valence-electron chi connectivity index (χ4n) is 2.46. The molecule has 0 saturated heterocycles. The molecule has 2 aromatic carbocycles. The molecule has 0 amide bonds. The Morgan fingerprint density at radius 2 is 1.72 bits per heavy atom. The summed E-state index contributed by atoms with van der Waals surface area (Å²) >= 11 is 0. The highest BCUT2D eigenvalue weighted by atomic mass is 16.5. The average molecular weight is 342 g/mol. The van der Waals surface area contributed by atoms with Crippen LogP contribution in [0.3, 0.4) is 0 Å². The number of ether oxygens (including phenoxy) is 2. The second-order valence-electron chi connectivity index (χ2n) is 5.44. The quantitative estimate of drug-likeness (QED) is 0.585. The third-order valence-corrected chi connectivity index (χ3v) is 3.61. The Morgan fingerprint density at radius 3 is 2.32 bits per heavy atom. The lowest BCUT2D eigenvalue weighted by molar-refractivity contribution is -0.130. The summed E-state index contributed by atoms with van der Waals surface area (Å²) in [7, 11) is 0. The molecule has 2 rings (SSSR count). The van der Waals surface area contributed by atoms with E-state index < -0.39 is 5.97 Å². The minimum atomic E-state index is -1.03. The number of carboxylic acids is 1. The molecule has 0 aliphatic carbocycles. The van der Waals surface area contributed by atoms with E-state index >= 15 is 0 Å². The lowest BCUT2D eigenvalue weighted by Crippen LogP contribution is -2.01. The SMILES string of the molecule is CCOc1ccc(/C(=C/c2ccc(O)c(OCC)c2)C(=O)O)cc1C. The van der Waals surface area contributed by atoms with Crippen LogP contribution < -0.4 is 9.47 Å². The molecule has 2 N–H and O–H groups in total. The fourth-order valence-corrected chi connectivity index (χ4v) is 2.46. The van der Waals surface area contributed by atoms with Crippen molar-refractivity contribution in [2.75, 3.05) is 13.2 Å². The van der Waals surface area contributed by atoms with Crippen LogP contribution in [-0.4, -0.2) is 29.4 Å². The third-order valence-electron chi connectivity index (χ3n) is 3.61. The highest BCUT2D eigenvalue weighted by Crippen LogP contribution is 2.30. The first-order valence-electron chi connectivity index (χ1n) is 8.10. The molecule has 5 heteroatoms. The first kappa shape index (κ1) is 18.4. The second kappa shape index (κ2) is 8.24. The number of rotatable bonds is 7. The van der Waals surface area contributed by atoms with Gasteiger partial charge in [-0.3, -0.25) is 0 Å². The zero-order valence-corrected chi connectivity index (χ0v) is 14.6. The molecule has 0 aliphatic rings. The van der Waals surface area contributed by atoms with E-state index in [1.165, 1.54) is 6.07 Å². The van der Waals surface area contributed by atoms with Crippen LogP contribution in [0.1, 0.15) is 30.5 Å². The molecule has 0 radical (unpaired) electrons. The molecule has 0 aliphatic heterocycles. The Balaban J connectivity index is 2.44. The maximum Gasteiger partial charge on any atom is 0.336 e. The lowest BCUT2D eigenvalue weighted by atomic mass is 10.0. The molecule has 0 spiro atoms. The van der Waals surface area contributed by atoms with E-state index in [9.17, 15) is 15.0 Å². The Morgan fingerprint density at radius 1 is 1.04 bits per heavy atom. The van der Waals surface area contributed by atoms with Crippen molar-refractivity contribution in [2.24, 2.45) is 0 Å². The van der Waals surface area contributed by atoms with Gasteiger partial charge < -0.3 is 19.7 Å². The van der Waals surface area contributed by atoms with E-state index in [0.717, 1.165) is 11.3 Å². The Bertz CT molecular complexity index is 793. The van der Waals surface area contributed by atoms with Gasteiger partial charge in [0.15, 0.2) is 11.5 Å². The maximum atomic E-state index is 11.7. The van der Waals surface area contributed by atoms with Gasteiger partial charge in [0.25, 0.3) is 0 Å². The highest BCUT2D eigenvalue weighted by molar-refractivity contribution is 6.20. The number of benzene rings is 2. The van der Waals surface area contributed by atoms with Gasteiger partial charge in [0, 0.05) is 0 Å². The summed E-state index contributed by atoms with van der Waals surface area (Å²) in [6.45, 7) is 6.55. The van der Waals surface area contributed by atoms with Crippen molar-refractivity contribution in [3.8, 4) is 17.2 Å². The number of carboxylic acid groups (broad SMARTS) is 1. The number of aromatic hydroxyl groups is 1. The van der Waals surface area contributed by atoms with Gasteiger partial charge >= 0.3 is 5.97 Å². The minimum Gasteiger partial charge on any atom is -0.504 e. The maximum absolute atomic E-state index is 11.7. The first-order chi connectivity index (χ1) is 12.0. The van der Waals surface area contributed by atoms with E-state index in [0.29, 0.717) is 30.1 Å². The van der Waals surface area contributed by atoms with Gasteiger partial charge in [0.05, 0.1) is 18.8 Å². The largest absolute Gasteiger partial charge is 0.504 e. The van der Waals surface area contributed by atoms with Crippen LogP contribution in [0.4, 0.5) is 0 Å². The second-order valence-corrected chi connectivity index (χ2v) is 5.44. The molecule has 0 atom stereocenters. The van der Waals surface area contributed by atoms with Crippen molar-refractivity contribution in [1.82, 2.24) is 0 Å². The van der Waals surface area contributed by atoms with Crippen molar-refractivity contribution in [1.29, 1.82) is 0 Å². The molecule has 25 heavy (non-hydrogen) atoms. The molecule has 0 bridgehead atoms. The topological polar surface area (TPSA) is 76.0 Å². The van der Waals surface area contributed by atoms with Crippen LogP contribution in [0.15, 0.2) is 36.4 Å². The van der Waals surface area contributed by atoms with Crippen molar-refractivity contribution in [2.45, 2.75) is 20.8 Å². The Labute approximate surface area is 147 Å². The van der Waals surface area contributed by atoms with Crippen molar-refractivity contribution in [3.63, 3.8) is 0 Å². The van der Waals surface area contributed by atoms with E-state index in [4.69, 9.17) is 9.47 Å². The standard InChI is InChI=1S/C20H22O5/c1-4-24-18-9-7-15(10-13(18)3)16(20(22)23)11-14-6-8-17(21)19(12-14)25-5-2/h6-12,21H,4-5H2,1-3H3,(H,22,23)/b16-11-. The summed E-state index contributed by atoms with van der Waals surface area (Å²) in [5.74, 6) is 0.0468. The van der Waals surface area contributed by atoms with Crippen molar-refractivity contribution >= 4 is 17.6 Å². The van der Waals surface area contributed by atoms with E-state index in [1.807, 2.05) is 20.8 Å². The van der Waals surface area contributed by atoms with Crippen LogP contribution in [-0.2, 0) is 4.79 Å². The molecule has 0 unspecified atom stereocenters. The van der Waals surface area contributed by atoms with Crippen LogP contribution in [0, 0.1) is 6.92 Å². The summed E-state index contributed by atoms with van der Waals surface area (Å²) < 4.78 is 10.8. The summed E-state index contributed by atoms with van der Waals surface area (Å²) in [5.41, 5.74) is 2.23. The number of carbonyl (C=O) groups is 1. The van der Waals surface area contributed by atoms with Gasteiger partial charge in [-0.2, -0.15) is 0 Å². The zero-order chi connectivity index (χ0) is 18.4. The van der Waals surface area contributed by atoms with Gasteiger partial charge in [-0.1, -0.05) is 12.1 Å². The predicted octanol–water partition coefficient (Wildman–Crippen LogP) is 4.12. The molecular weight excluding hydrogens is 320 g/mol. The lowest BCUT2D eigenvalue weighted by Gasteiger charge is -2.10. The number of phenolic OH excluding ortho intramolecular Hbond substituents is 1. The molecule has 132 valence electrons. The zero-order valence-electron chi connectivity index (χ0n) is 14.6. The summed E-state index contributed by atoms with van der Waals surface area (Å²) in [4.78, 5) is 11.7. The van der Waals surface area contributed by atoms with Gasteiger partial charge in [-0.25, -0.2) is 4.79 Å². The number of aryl methyl sites for hydroxylation is 1. The summed E-state index contributed by atoms with van der Waals surface area (Å²) in [6, 6.07) is 10.0. The minimum absolute atomic E-state index is 0.0211. The molecule has 0 saturated carbocycles. The normalized spacial score (nSPS) is 11.2. The molecule has 2 aromatic rings. The van der Waals surface area contributed by atoms with Crippen LogP contribution in [0.25, 0.3) is 11.6 Å². The summed E-state index contributed by atoms with van der Waals surface area (Å²) in [6.07, 6.45) is 1.55. The van der Waals surface area contributed by atoms with Crippen LogP contribution >= 0.6 is 0 Å². The van der Waals surface area contributed by atoms with Gasteiger partial charge in [-0.15, -0.1) is 0 Å². The number of hydrogen-bond donors (Lipinski definition) is 2. The third kappa shape index (κ3) is 4.53. The highest BCUT2D eigenvalue weighted by Gasteiger charge is 2.13. The monoisotopic (exact) mass is 342 g/mol. The number of hydrogen-bond acceptors (Lipinski definition) is 4. The Hall–Kier alpha value is -2.95. The van der Waals surface area contributed by atoms with Gasteiger partial charge in [-0.05, 0) is 67.8 Å². The fraction of sp³-hybridized carbons (Fsp3) is 0.250. The molecule has 0 aromatic heterocycles. The van der Waals surface area contributed by atoms with Gasteiger partial charge in [0.2, 0.25) is 0 Å². The molecule has 0 heterocycles. The smallest absolute Gasteiger partial charge is 0.336 e. The molecule has 0 fully saturated rings. The average Bonchev–Trinajstić information content (AvgIpc) is 2.57. The predicted molar refractivity (Wildman–Crippen MR) is 97.1 cm³/mol.